The molecule has 0 aliphatic heterocycles. The molecule has 2 saturated carbocycles. The number of aromatic hydroxyl groups is 2. The highest BCUT2D eigenvalue weighted by Gasteiger charge is 2.57. The number of hydrogen-bond acceptors (Lipinski definition) is 3. The van der Waals surface area contributed by atoms with Crippen LogP contribution in [0.5, 0.6) is 11.5 Å². The molecular weight excluding hydrogens is 300 g/mol. The van der Waals surface area contributed by atoms with Crippen LogP contribution in [0.1, 0.15) is 65.4 Å². The highest BCUT2D eigenvalue weighted by Crippen LogP contribution is 2.62. The third kappa shape index (κ3) is 2.81. The summed E-state index contributed by atoms with van der Waals surface area (Å²) in [6.45, 7) is 9.05. The molecule has 0 heterocycles. The van der Waals surface area contributed by atoms with Crippen LogP contribution < -0.4 is 0 Å². The third-order valence-electron chi connectivity index (χ3n) is 7.25. The topological polar surface area (TPSA) is 60.7 Å². The fourth-order valence-electron chi connectivity index (χ4n) is 6.03. The maximum atomic E-state index is 11.2. The van der Waals surface area contributed by atoms with Gasteiger partial charge in [0.15, 0.2) is 0 Å². The van der Waals surface area contributed by atoms with Gasteiger partial charge in [-0.15, -0.1) is 0 Å². The van der Waals surface area contributed by atoms with Gasteiger partial charge >= 0.3 is 0 Å². The second-order valence-corrected chi connectivity index (χ2v) is 9.37. The minimum atomic E-state index is -0.740. The Morgan fingerprint density at radius 1 is 1.04 bits per heavy atom. The average molecular weight is 332 g/mol. The average Bonchev–Trinajstić information content (AvgIpc) is 2.45. The van der Waals surface area contributed by atoms with Crippen LogP contribution in [0.15, 0.2) is 18.2 Å². The quantitative estimate of drug-likeness (QED) is 0.692. The molecule has 0 aromatic heterocycles. The predicted octanol–water partition coefficient (Wildman–Crippen LogP) is 4.63. The third-order valence-corrected chi connectivity index (χ3v) is 7.25. The second-order valence-electron chi connectivity index (χ2n) is 9.37. The van der Waals surface area contributed by atoms with E-state index in [-0.39, 0.29) is 22.8 Å². The standard InChI is InChI=1S/C21H32O3/c1-19(2)9-5-10-20(3)17(19)8-11-21(4,24)18(20)13-14-12-15(22)6-7-16(14)23/h6-7,12,17-18,22-24H,5,8-11,13H2,1-4H3/t17-,18+,20-,21+/m0/s1. The van der Waals surface area contributed by atoms with Gasteiger partial charge in [0.1, 0.15) is 11.5 Å². The van der Waals surface area contributed by atoms with E-state index in [1.165, 1.54) is 18.9 Å². The molecule has 3 rings (SSSR count). The second kappa shape index (κ2) is 5.66. The lowest BCUT2D eigenvalue weighted by atomic mass is 9.45. The van der Waals surface area contributed by atoms with Crippen molar-refractivity contribution in [3.8, 4) is 11.5 Å². The van der Waals surface area contributed by atoms with Gasteiger partial charge in [0.25, 0.3) is 0 Å². The summed E-state index contributed by atoms with van der Waals surface area (Å²) in [6.07, 6.45) is 6.05. The van der Waals surface area contributed by atoms with Crippen molar-refractivity contribution < 1.29 is 15.3 Å². The molecule has 0 amide bonds. The van der Waals surface area contributed by atoms with Gasteiger partial charge in [0.05, 0.1) is 5.60 Å². The van der Waals surface area contributed by atoms with Crippen LogP contribution in [0.25, 0.3) is 0 Å². The van der Waals surface area contributed by atoms with Crippen LogP contribution >= 0.6 is 0 Å². The predicted molar refractivity (Wildman–Crippen MR) is 96.1 cm³/mol. The zero-order valence-electron chi connectivity index (χ0n) is 15.5. The molecule has 4 atom stereocenters. The molecule has 2 aliphatic rings. The Morgan fingerprint density at radius 3 is 2.46 bits per heavy atom. The number of fused-ring (bicyclic) bond motifs is 1. The first-order valence-electron chi connectivity index (χ1n) is 9.29. The highest BCUT2D eigenvalue weighted by atomic mass is 16.3. The first-order chi connectivity index (χ1) is 11.1. The molecule has 3 nitrogen and oxygen atoms in total. The largest absolute Gasteiger partial charge is 0.508 e. The Hall–Kier alpha value is -1.22. The van der Waals surface area contributed by atoms with Crippen molar-refractivity contribution in [1.82, 2.24) is 0 Å². The van der Waals surface area contributed by atoms with E-state index in [4.69, 9.17) is 0 Å². The van der Waals surface area contributed by atoms with E-state index in [9.17, 15) is 15.3 Å². The van der Waals surface area contributed by atoms with Gasteiger partial charge in [-0.25, -0.2) is 0 Å². The molecule has 0 spiro atoms. The summed E-state index contributed by atoms with van der Waals surface area (Å²) in [5.41, 5.74) is 0.353. The number of benzene rings is 1. The maximum absolute atomic E-state index is 11.2. The molecule has 2 aliphatic carbocycles. The summed E-state index contributed by atoms with van der Waals surface area (Å²) < 4.78 is 0. The number of phenolic OH excluding ortho intramolecular Hbond substituents is 2. The molecule has 0 radical (unpaired) electrons. The van der Waals surface area contributed by atoms with E-state index in [0.29, 0.717) is 17.8 Å². The Balaban J connectivity index is 2.00. The van der Waals surface area contributed by atoms with Gasteiger partial charge in [-0.2, -0.15) is 0 Å². The first-order valence-corrected chi connectivity index (χ1v) is 9.29. The minimum absolute atomic E-state index is 0.0569. The van der Waals surface area contributed by atoms with Gasteiger partial charge in [0, 0.05) is 0 Å². The van der Waals surface area contributed by atoms with Crippen LogP contribution in [0.3, 0.4) is 0 Å². The molecule has 24 heavy (non-hydrogen) atoms. The zero-order valence-corrected chi connectivity index (χ0v) is 15.5. The van der Waals surface area contributed by atoms with E-state index in [2.05, 4.69) is 20.8 Å². The van der Waals surface area contributed by atoms with Crippen molar-refractivity contribution in [2.45, 2.75) is 71.8 Å². The van der Waals surface area contributed by atoms with E-state index >= 15 is 0 Å². The van der Waals surface area contributed by atoms with Gasteiger partial charge < -0.3 is 15.3 Å². The summed E-state index contributed by atoms with van der Waals surface area (Å²) in [7, 11) is 0. The maximum Gasteiger partial charge on any atom is 0.119 e. The summed E-state index contributed by atoms with van der Waals surface area (Å²) in [6, 6.07) is 4.70. The van der Waals surface area contributed by atoms with Gasteiger partial charge in [0.2, 0.25) is 0 Å². The normalized spacial score (nSPS) is 38.5. The van der Waals surface area contributed by atoms with E-state index in [1.807, 2.05) is 6.92 Å². The molecule has 0 unspecified atom stereocenters. The molecule has 1 aromatic carbocycles. The zero-order chi connectivity index (χ0) is 17.8. The number of rotatable bonds is 2. The Bertz CT molecular complexity index is 620. The Kier molecular flexibility index (Phi) is 4.15. The molecule has 0 saturated heterocycles. The van der Waals surface area contributed by atoms with E-state index in [0.717, 1.165) is 24.8 Å². The lowest BCUT2D eigenvalue weighted by Gasteiger charge is -2.61. The lowest BCUT2D eigenvalue weighted by molar-refractivity contribution is -0.166. The SMILES string of the molecule is CC1(C)CCC[C@]2(C)[C@@H](Cc3cc(O)ccc3O)[C@](C)(O)CC[C@@H]12. The van der Waals surface area contributed by atoms with Gasteiger partial charge in [-0.05, 0) is 85.5 Å². The fourth-order valence-corrected chi connectivity index (χ4v) is 6.03. The fraction of sp³-hybridized carbons (Fsp3) is 0.714. The highest BCUT2D eigenvalue weighted by molar-refractivity contribution is 5.39. The van der Waals surface area contributed by atoms with Crippen molar-refractivity contribution in [3.05, 3.63) is 23.8 Å². The van der Waals surface area contributed by atoms with Crippen LogP contribution in [-0.2, 0) is 6.42 Å². The van der Waals surface area contributed by atoms with E-state index in [1.54, 1.807) is 12.1 Å². The minimum Gasteiger partial charge on any atom is -0.508 e. The summed E-state index contributed by atoms with van der Waals surface area (Å²) in [5.74, 6) is 1.05. The first kappa shape index (κ1) is 17.6. The molecule has 3 heteroatoms. The molecular formula is C21H32O3. The van der Waals surface area contributed by atoms with Crippen molar-refractivity contribution in [1.29, 1.82) is 0 Å². The van der Waals surface area contributed by atoms with Crippen molar-refractivity contribution >= 4 is 0 Å². The van der Waals surface area contributed by atoms with Gasteiger partial charge in [-0.1, -0.05) is 27.2 Å². The van der Waals surface area contributed by atoms with Gasteiger partial charge in [-0.3, -0.25) is 0 Å². The summed E-state index contributed by atoms with van der Waals surface area (Å²) >= 11 is 0. The smallest absolute Gasteiger partial charge is 0.119 e. The van der Waals surface area contributed by atoms with Crippen molar-refractivity contribution in [2.24, 2.45) is 22.7 Å². The van der Waals surface area contributed by atoms with Crippen LogP contribution in [0.4, 0.5) is 0 Å². The Labute approximate surface area is 145 Å². The van der Waals surface area contributed by atoms with E-state index < -0.39 is 5.60 Å². The molecule has 2 fully saturated rings. The molecule has 3 N–H and O–H groups in total. The lowest BCUT2D eigenvalue weighted by Crippen LogP contribution is -2.58. The molecule has 0 bridgehead atoms. The molecule has 1 aromatic rings. The molecule has 134 valence electrons. The monoisotopic (exact) mass is 332 g/mol. The van der Waals surface area contributed by atoms with Crippen molar-refractivity contribution in [2.75, 3.05) is 0 Å². The Morgan fingerprint density at radius 2 is 1.75 bits per heavy atom. The van der Waals surface area contributed by atoms with Crippen LogP contribution in [0.2, 0.25) is 0 Å². The number of phenols is 2. The van der Waals surface area contributed by atoms with Crippen LogP contribution in [-0.4, -0.2) is 20.9 Å². The summed E-state index contributed by atoms with van der Waals surface area (Å²) in [5, 5.41) is 31.2. The summed E-state index contributed by atoms with van der Waals surface area (Å²) in [4.78, 5) is 0. The van der Waals surface area contributed by atoms with Crippen molar-refractivity contribution in [3.63, 3.8) is 0 Å². The van der Waals surface area contributed by atoms with Crippen LogP contribution in [0, 0.1) is 22.7 Å². The number of hydrogen-bond donors (Lipinski definition) is 3. The number of aliphatic hydroxyl groups is 1.